The highest BCUT2D eigenvalue weighted by Gasteiger charge is 2.33. The average molecular weight is 270 g/mol. The van der Waals surface area contributed by atoms with Crippen LogP contribution < -0.4 is 10.5 Å². The summed E-state index contributed by atoms with van der Waals surface area (Å²) in [6.07, 6.45) is 3.25. The van der Waals surface area contributed by atoms with Crippen molar-refractivity contribution in [1.29, 1.82) is 0 Å². The van der Waals surface area contributed by atoms with Crippen LogP contribution in [0.25, 0.3) is 0 Å². The number of aromatic hydroxyl groups is 1. The minimum Gasteiger partial charge on any atom is -0.506 e. The SMILES string of the molecule is CC1(CNS(=O)(=O)c2ccc(O)c(N)c2)CCC1. The Hall–Kier alpha value is -1.27. The highest BCUT2D eigenvalue weighted by Crippen LogP contribution is 2.39. The van der Waals surface area contributed by atoms with Crippen molar-refractivity contribution >= 4 is 15.7 Å². The first-order valence-electron chi connectivity index (χ1n) is 5.91. The monoisotopic (exact) mass is 270 g/mol. The van der Waals surface area contributed by atoms with Gasteiger partial charge in [0.05, 0.1) is 10.6 Å². The number of hydrogen-bond donors (Lipinski definition) is 3. The molecule has 0 radical (unpaired) electrons. The van der Waals surface area contributed by atoms with Crippen LogP contribution in [-0.2, 0) is 10.0 Å². The van der Waals surface area contributed by atoms with E-state index in [0.717, 1.165) is 19.3 Å². The summed E-state index contributed by atoms with van der Waals surface area (Å²) in [7, 11) is -3.55. The molecule has 100 valence electrons. The minimum absolute atomic E-state index is 0.0627. The van der Waals surface area contributed by atoms with Gasteiger partial charge in [0, 0.05) is 6.54 Å². The van der Waals surface area contributed by atoms with E-state index in [9.17, 15) is 13.5 Å². The van der Waals surface area contributed by atoms with Crippen LogP contribution >= 0.6 is 0 Å². The molecule has 0 spiro atoms. The van der Waals surface area contributed by atoms with E-state index in [1.807, 2.05) is 0 Å². The Morgan fingerprint density at radius 3 is 2.61 bits per heavy atom. The lowest BCUT2D eigenvalue weighted by Gasteiger charge is -2.38. The molecule has 1 aliphatic carbocycles. The lowest BCUT2D eigenvalue weighted by atomic mass is 9.71. The van der Waals surface area contributed by atoms with Gasteiger partial charge in [0.1, 0.15) is 5.75 Å². The standard InChI is InChI=1S/C12H18N2O3S/c1-12(5-2-6-12)8-14-18(16,17)9-3-4-11(15)10(13)7-9/h3-4,7,14-15H,2,5-6,8,13H2,1H3. The molecule has 6 heteroatoms. The lowest BCUT2D eigenvalue weighted by molar-refractivity contribution is 0.166. The first-order chi connectivity index (χ1) is 8.32. The molecule has 0 bridgehead atoms. The zero-order chi connectivity index (χ0) is 13.4. The Labute approximate surface area is 107 Å². The van der Waals surface area contributed by atoms with Crippen molar-refractivity contribution < 1.29 is 13.5 Å². The van der Waals surface area contributed by atoms with E-state index in [1.165, 1.54) is 18.2 Å². The molecule has 18 heavy (non-hydrogen) atoms. The van der Waals surface area contributed by atoms with Gasteiger partial charge in [0.15, 0.2) is 0 Å². The third kappa shape index (κ3) is 2.59. The van der Waals surface area contributed by atoms with Crippen LogP contribution in [-0.4, -0.2) is 20.1 Å². The van der Waals surface area contributed by atoms with E-state index in [1.54, 1.807) is 0 Å². The minimum atomic E-state index is -3.55. The van der Waals surface area contributed by atoms with E-state index < -0.39 is 10.0 Å². The first-order valence-corrected chi connectivity index (χ1v) is 7.39. The number of phenolic OH excluding ortho intramolecular Hbond substituents is 1. The Bertz CT molecular complexity index is 550. The zero-order valence-electron chi connectivity index (χ0n) is 10.3. The predicted octanol–water partition coefficient (Wildman–Crippen LogP) is 1.44. The molecule has 0 unspecified atom stereocenters. The molecular weight excluding hydrogens is 252 g/mol. The highest BCUT2D eigenvalue weighted by atomic mass is 32.2. The van der Waals surface area contributed by atoms with Crippen LogP contribution in [0, 0.1) is 5.41 Å². The lowest BCUT2D eigenvalue weighted by Crippen LogP contribution is -2.39. The molecule has 1 saturated carbocycles. The fraction of sp³-hybridized carbons (Fsp3) is 0.500. The van der Waals surface area contributed by atoms with Crippen molar-refractivity contribution in [3.8, 4) is 5.75 Å². The van der Waals surface area contributed by atoms with Crippen molar-refractivity contribution in [2.24, 2.45) is 5.41 Å². The molecule has 0 saturated heterocycles. The zero-order valence-corrected chi connectivity index (χ0v) is 11.1. The summed E-state index contributed by atoms with van der Waals surface area (Å²) in [5, 5.41) is 9.28. The molecule has 0 amide bonds. The highest BCUT2D eigenvalue weighted by molar-refractivity contribution is 7.89. The number of anilines is 1. The van der Waals surface area contributed by atoms with E-state index in [2.05, 4.69) is 11.6 Å². The molecule has 0 atom stereocenters. The van der Waals surface area contributed by atoms with Crippen molar-refractivity contribution in [1.82, 2.24) is 4.72 Å². The number of nitrogen functional groups attached to an aromatic ring is 1. The summed E-state index contributed by atoms with van der Waals surface area (Å²) >= 11 is 0. The van der Waals surface area contributed by atoms with Gasteiger partial charge in [-0.15, -0.1) is 0 Å². The fourth-order valence-electron chi connectivity index (χ4n) is 2.01. The van der Waals surface area contributed by atoms with Crippen molar-refractivity contribution in [2.75, 3.05) is 12.3 Å². The Kier molecular flexibility index (Phi) is 3.25. The molecule has 1 fully saturated rings. The first kappa shape index (κ1) is 13.2. The maximum absolute atomic E-state index is 12.0. The van der Waals surface area contributed by atoms with Crippen LogP contribution in [0.3, 0.4) is 0 Å². The van der Waals surface area contributed by atoms with Crippen LogP contribution in [0.15, 0.2) is 23.1 Å². The second-order valence-corrected chi connectivity index (χ2v) is 6.98. The molecule has 0 aromatic heterocycles. The summed E-state index contributed by atoms with van der Waals surface area (Å²) in [5.74, 6) is -0.111. The molecular formula is C12H18N2O3S. The number of benzene rings is 1. The van der Waals surface area contributed by atoms with Crippen LogP contribution in [0.5, 0.6) is 5.75 Å². The van der Waals surface area contributed by atoms with Crippen molar-refractivity contribution in [3.05, 3.63) is 18.2 Å². The molecule has 4 N–H and O–H groups in total. The van der Waals surface area contributed by atoms with Gasteiger partial charge >= 0.3 is 0 Å². The number of nitrogens with one attached hydrogen (secondary N) is 1. The Balaban J connectivity index is 2.12. The van der Waals surface area contributed by atoms with E-state index in [0.29, 0.717) is 6.54 Å². The largest absolute Gasteiger partial charge is 0.506 e. The van der Waals surface area contributed by atoms with Gasteiger partial charge in [0.2, 0.25) is 10.0 Å². The normalized spacial score (nSPS) is 18.3. The molecule has 1 aromatic rings. The molecule has 0 heterocycles. The Morgan fingerprint density at radius 2 is 2.11 bits per heavy atom. The number of sulfonamides is 1. The van der Waals surface area contributed by atoms with Crippen molar-refractivity contribution in [3.63, 3.8) is 0 Å². The number of nitrogens with two attached hydrogens (primary N) is 1. The van der Waals surface area contributed by atoms with Gasteiger partial charge in [0.25, 0.3) is 0 Å². The molecule has 1 aromatic carbocycles. The number of hydrogen-bond acceptors (Lipinski definition) is 4. The maximum atomic E-state index is 12.0. The quantitative estimate of drug-likeness (QED) is 0.570. The van der Waals surface area contributed by atoms with Gasteiger partial charge in [-0.2, -0.15) is 0 Å². The number of phenols is 1. The summed E-state index contributed by atoms with van der Waals surface area (Å²) in [4.78, 5) is 0.0840. The van der Waals surface area contributed by atoms with E-state index in [4.69, 9.17) is 5.73 Å². The summed E-state index contributed by atoms with van der Waals surface area (Å²) in [5.41, 5.74) is 5.64. The summed E-state index contributed by atoms with van der Waals surface area (Å²) in [6, 6.07) is 3.90. The van der Waals surface area contributed by atoms with Gasteiger partial charge in [-0.1, -0.05) is 13.3 Å². The summed E-state index contributed by atoms with van der Waals surface area (Å²) < 4.78 is 26.7. The molecule has 2 rings (SSSR count). The van der Waals surface area contributed by atoms with Crippen molar-refractivity contribution in [2.45, 2.75) is 31.1 Å². The topological polar surface area (TPSA) is 92.4 Å². The van der Waals surface area contributed by atoms with Crippen LogP contribution in [0.2, 0.25) is 0 Å². The third-order valence-corrected chi connectivity index (χ3v) is 4.96. The third-order valence-electron chi connectivity index (χ3n) is 3.56. The van der Waals surface area contributed by atoms with Gasteiger partial charge in [-0.3, -0.25) is 0 Å². The second kappa shape index (κ2) is 4.44. The van der Waals surface area contributed by atoms with Gasteiger partial charge in [-0.05, 0) is 36.5 Å². The summed E-state index contributed by atoms with van der Waals surface area (Å²) in [6.45, 7) is 2.51. The second-order valence-electron chi connectivity index (χ2n) is 5.21. The Morgan fingerprint density at radius 1 is 1.44 bits per heavy atom. The predicted molar refractivity (Wildman–Crippen MR) is 69.7 cm³/mol. The van der Waals surface area contributed by atoms with E-state index in [-0.39, 0.29) is 21.7 Å². The van der Waals surface area contributed by atoms with Crippen LogP contribution in [0.1, 0.15) is 26.2 Å². The van der Waals surface area contributed by atoms with E-state index >= 15 is 0 Å². The fourth-order valence-corrected chi connectivity index (χ4v) is 3.24. The maximum Gasteiger partial charge on any atom is 0.240 e. The average Bonchev–Trinajstić information content (AvgIpc) is 2.27. The molecule has 1 aliphatic rings. The molecule has 5 nitrogen and oxygen atoms in total. The molecule has 0 aliphatic heterocycles. The van der Waals surface area contributed by atoms with Crippen LogP contribution in [0.4, 0.5) is 5.69 Å². The van der Waals surface area contributed by atoms with Gasteiger partial charge in [-0.25, -0.2) is 13.1 Å². The smallest absolute Gasteiger partial charge is 0.240 e. The van der Waals surface area contributed by atoms with Gasteiger partial charge < -0.3 is 10.8 Å². The number of rotatable bonds is 4.